The molecule has 2 nitrogen and oxygen atoms in total. The third-order valence-corrected chi connectivity index (χ3v) is 1.98. The summed E-state index contributed by atoms with van der Waals surface area (Å²) in [5.74, 6) is 0. The first kappa shape index (κ1) is 7.65. The minimum atomic E-state index is 0.416. The molecule has 0 radical (unpaired) electrons. The molecule has 0 unspecified atom stereocenters. The maximum Gasteiger partial charge on any atom is 0.194 e. The molecule has 0 saturated carbocycles. The Kier molecular flexibility index (Phi) is 1.79. The minimum Gasteiger partial charge on any atom is -0.445 e. The smallest absolute Gasteiger partial charge is 0.194 e. The van der Waals surface area contributed by atoms with Gasteiger partial charge in [0.05, 0.1) is 0 Å². The molecule has 3 heteroatoms. The van der Waals surface area contributed by atoms with Gasteiger partial charge in [-0.3, -0.25) is 0 Å². The summed E-state index contributed by atoms with van der Waals surface area (Å²) in [5.41, 5.74) is 7.32. The Morgan fingerprint density at radius 1 is 1.33 bits per heavy atom. The standard InChI is InChI=1S/C9H8ClNO/c10-9-4-7-2-1-6(5-11)3-8(7)12-9/h1-4H,5,11H2. The topological polar surface area (TPSA) is 39.2 Å². The largest absolute Gasteiger partial charge is 0.445 e. The third-order valence-electron chi connectivity index (χ3n) is 1.79. The molecule has 1 aromatic carbocycles. The van der Waals surface area contributed by atoms with E-state index in [0.29, 0.717) is 11.8 Å². The fourth-order valence-corrected chi connectivity index (χ4v) is 1.37. The van der Waals surface area contributed by atoms with Crippen molar-refractivity contribution in [3.8, 4) is 0 Å². The second-order valence-corrected chi connectivity index (χ2v) is 3.00. The molecule has 0 atom stereocenters. The number of hydrogen-bond acceptors (Lipinski definition) is 2. The summed E-state index contributed by atoms with van der Waals surface area (Å²) in [6.45, 7) is 0.522. The summed E-state index contributed by atoms with van der Waals surface area (Å²) >= 11 is 5.68. The van der Waals surface area contributed by atoms with E-state index in [1.807, 2.05) is 18.2 Å². The van der Waals surface area contributed by atoms with Gasteiger partial charge in [0.1, 0.15) is 5.58 Å². The van der Waals surface area contributed by atoms with Crippen molar-refractivity contribution >= 4 is 22.6 Å². The minimum absolute atomic E-state index is 0.416. The molecular weight excluding hydrogens is 174 g/mol. The van der Waals surface area contributed by atoms with Crippen LogP contribution in [0.5, 0.6) is 0 Å². The van der Waals surface area contributed by atoms with Crippen molar-refractivity contribution in [1.29, 1.82) is 0 Å². The van der Waals surface area contributed by atoms with Crippen LogP contribution < -0.4 is 5.73 Å². The summed E-state index contributed by atoms with van der Waals surface area (Å²) in [7, 11) is 0. The van der Waals surface area contributed by atoms with E-state index in [-0.39, 0.29) is 0 Å². The first-order valence-electron chi connectivity index (χ1n) is 3.67. The van der Waals surface area contributed by atoms with Crippen molar-refractivity contribution in [2.75, 3.05) is 0 Å². The molecule has 2 rings (SSSR count). The van der Waals surface area contributed by atoms with Gasteiger partial charge in [0.2, 0.25) is 0 Å². The number of fused-ring (bicyclic) bond motifs is 1. The molecule has 1 aromatic heterocycles. The number of hydrogen-bond donors (Lipinski definition) is 1. The van der Waals surface area contributed by atoms with Gasteiger partial charge in [-0.05, 0) is 23.2 Å². The highest BCUT2D eigenvalue weighted by Crippen LogP contribution is 2.23. The highest BCUT2D eigenvalue weighted by atomic mass is 35.5. The molecule has 0 fully saturated rings. The second kappa shape index (κ2) is 2.81. The van der Waals surface area contributed by atoms with Crippen molar-refractivity contribution in [2.45, 2.75) is 6.54 Å². The van der Waals surface area contributed by atoms with E-state index in [9.17, 15) is 0 Å². The number of nitrogens with two attached hydrogens (primary N) is 1. The third kappa shape index (κ3) is 1.19. The van der Waals surface area contributed by atoms with E-state index >= 15 is 0 Å². The van der Waals surface area contributed by atoms with Gasteiger partial charge in [0.15, 0.2) is 5.22 Å². The predicted octanol–water partition coefficient (Wildman–Crippen LogP) is 2.54. The van der Waals surface area contributed by atoms with Gasteiger partial charge in [0.25, 0.3) is 0 Å². The Hall–Kier alpha value is -0.990. The molecule has 2 N–H and O–H groups in total. The van der Waals surface area contributed by atoms with Crippen LogP contribution in [0.4, 0.5) is 0 Å². The van der Waals surface area contributed by atoms with E-state index < -0.39 is 0 Å². The molecule has 1 heterocycles. The second-order valence-electron chi connectivity index (χ2n) is 2.63. The fourth-order valence-electron chi connectivity index (χ4n) is 1.17. The molecule has 2 aromatic rings. The van der Waals surface area contributed by atoms with E-state index in [1.165, 1.54) is 0 Å². The number of rotatable bonds is 1. The van der Waals surface area contributed by atoms with Crippen LogP contribution in [-0.4, -0.2) is 0 Å². The van der Waals surface area contributed by atoms with Gasteiger partial charge in [-0.15, -0.1) is 0 Å². The number of furan rings is 1. The summed E-state index contributed by atoms with van der Waals surface area (Å²) in [4.78, 5) is 0. The Balaban J connectivity index is 2.66. The molecule has 0 bridgehead atoms. The average molecular weight is 182 g/mol. The molecule has 12 heavy (non-hydrogen) atoms. The van der Waals surface area contributed by atoms with Crippen molar-refractivity contribution < 1.29 is 4.42 Å². The zero-order valence-electron chi connectivity index (χ0n) is 6.38. The highest BCUT2D eigenvalue weighted by molar-refractivity contribution is 6.29. The van der Waals surface area contributed by atoms with E-state index in [1.54, 1.807) is 6.07 Å². The summed E-state index contributed by atoms with van der Waals surface area (Å²) in [6, 6.07) is 7.61. The van der Waals surface area contributed by atoms with Gasteiger partial charge in [-0.2, -0.15) is 0 Å². The quantitative estimate of drug-likeness (QED) is 0.735. The normalized spacial score (nSPS) is 10.8. The summed E-state index contributed by atoms with van der Waals surface area (Å²) in [6.07, 6.45) is 0. The van der Waals surface area contributed by atoms with Crippen molar-refractivity contribution in [1.82, 2.24) is 0 Å². The Bertz CT molecular complexity index is 408. The molecule has 0 spiro atoms. The van der Waals surface area contributed by atoms with Crippen LogP contribution in [0, 0.1) is 0 Å². The monoisotopic (exact) mass is 181 g/mol. The van der Waals surface area contributed by atoms with Crippen molar-refractivity contribution in [3.63, 3.8) is 0 Å². The van der Waals surface area contributed by atoms with Gasteiger partial charge in [-0.25, -0.2) is 0 Å². The molecule has 0 saturated heterocycles. The van der Waals surface area contributed by atoms with Gasteiger partial charge in [0, 0.05) is 18.0 Å². The lowest BCUT2D eigenvalue weighted by Crippen LogP contribution is -1.94. The van der Waals surface area contributed by atoms with Crippen LogP contribution >= 0.6 is 11.6 Å². The van der Waals surface area contributed by atoms with Crippen LogP contribution in [-0.2, 0) is 6.54 Å². The first-order chi connectivity index (χ1) is 5.79. The fraction of sp³-hybridized carbons (Fsp3) is 0.111. The molecule has 0 aliphatic carbocycles. The van der Waals surface area contributed by atoms with Crippen LogP contribution in [0.15, 0.2) is 28.7 Å². The van der Waals surface area contributed by atoms with Gasteiger partial charge in [-0.1, -0.05) is 12.1 Å². The van der Waals surface area contributed by atoms with Crippen LogP contribution in [0.3, 0.4) is 0 Å². The van der Waals surface area contributed by atoms with E-state index in [4.69, 9.17) is 21.8 Å². The lowest BCUT2D eigenvalue weighted by Gasteiger charge is -1.93. The van der Waals surface area contributed by atoms with E-state index in [0.717, 1.165) is 16.5 Å². The summed E-state index contributed by atoms with van der Waals surface area (Å²) in [5, 5.41) is 1.43. The number of benzene rings is 1. The van der Waals surface area contributed by atoms with Crippen molar-refractivity contribution in [2.24, 2.45) is 5.73 Å². The molecule has 0 aliphatic heterocycles. The average Bonchev–Trinajstić information content (AvgIpc) is 2.43. The maximum atomic E-state index is 5.68. The molecule has 62 valence electrons. The van der Waals surface area contributed by atoms with Gasteiger partial charge >= 0.3 is 0 Å². The van der Waals surface area contributed by atoms with E-state index in [2.05, 4.69) is 0 Å². The molecule has 0 amide bonds. The summed E-state index contributed by atoms with van der Waals surface area (Å²) < 4.78 is 5.22. The Labute approximate surface area is 74.9 Å². The first-order valence-corrected chi connectivity index (χ1v) is 4.05. The Morgan fingerprint density at radius 2 is 2.17 bits per heavy atom. The van der Waals surface area contributed by atoms with Gasteiger partial charge < -0.3 is 10.2 Å². The van der Waals surface area contributed by atoms with Crippen LogP contribution in [0.25, 0.3) is 11.0 Å². The van der Waals surface area contributed by atoms with Crippen LogP contribution in [0.1, 0.15) is 5.56 Å². The van der Waals surface area contributed by atoms with Crippen molar-refractivity contribution in [3.05, 3.63) is 35.0 Å². The lowest BCUT2D eigenvalue weighted by atomic mass is 10.2. The number of halogens is 1. The Morgan fingerprint density at radius 3 is 2.92 bits per heavy atom. The molecule has 0 aliphatic rings. The zero-order valence-corrected chi connectivity index (χ0v) is 7.14. The van der Waals surface area contributed by atoms with Crippen LogP contribution in [0.2, 0.25) is 5.22 Å². The SMILES string of the molecule is NCc1ccc2cc(Cl)oc2c1. The predicted molar refractivity (Wildman–Crippen MR) is 49.1 cm³/mol. The molecular formula is C9H8ClNO. The zero-order chi connectivity index (χ0) is 8.55. The highest BCUT2D eigenvalue weighted by Gasteiger charge is 2.00. The lowest BCUT2D eigenvalue weighted by molar-refractivity contribution is 0.617. The maximum absolute atomic E-state index is 5.68.